The number of benzene rings is 1. The zero-order valence-corrected chi connectivity index (χ0v) is 15.0. The largest absolute Gasteiger partial charge is 0.497 e. The summed E-state index contributed by atoms with van der Waals surface area (Å²) in [6.45, 7) is 2.03. The highest BCUT2D eigenvalue weighted by Gasteiger charge is 2.40. The second kappa shape index (κ2) is 7.66. The number of esters is 1. The first kappa shape index (κ1) is 17.4. The van der Waals surface area contributed by atoms with Gasteiger partial charge in [0.2, 0.25) is 0 Å². The lowest BCUT2D eigenvalue weighted by Crippen LogP contribution is -2.33. The average molecular weight is 356 g/mol. The molecule has 1 aliphatic rings. The molecule has 1 aromatic heterocycles. The first-order chi connectivity index (χ1) is 12.1. The molecule has 0 spiro atoms. The van der Waals surface area contributed by atoms with Crippen molar-refractivity contribution in [3.8, 4) is 5.75 Å². The van der Waals surface area contributed by atoms with Crippen LogP contribution in [0.4, 0.5) is 0 Å². The molecule has 2 unspecified atom stereocenters. The highest BCUT2D eigenvalue weighted by molar-refractivity contribution is 7.10. The minimum Gasteiger partial charge on any atom is -0.497 e. The van der Waals surface area contributed by atoms with Gasteiger partial charge in [-0.2, -0.15) is 0 Å². The number of thiophene rings is 1. The minimum atomic E-state index is -0.763. The van der Waals surface area contributed by atoms with Crippen molar-refractivity contribution >= 4 is 28.7 Å². The fourth-order valence-electron chi connectivity index (χ4n) is 3.16. The number of allylic oxidation sites excluding steroid dienone is 2. The van der Waals surface area contributed by atoms with Gasteiger partial charge < -0.3 is 9.47 Å². The zero-order chi connectivity index (χ0) is 17.8. The number of carbonyl (C=O) groups is 2. The van der Waals surface area contributed by atoms with E-state index in [-0.39, 0.29) is 18.3 Å². The molecule has 1 aliphatic carbocycles. The van der Waals surface area contributed by atoms with E-state index in [1.807, 2.05) is 41.8 Å². The maximum atomic E-state index is 12.7. The van der Waals surface area contributed by atoms with E-state index in [0.29, 0.717) is 6.42 Å². The molecule has 0 bridgehead atoms. The first-order valence-electron chi connectivity index (χ1n) is 8.23. The topological polar surface area (TPSA) is 52.6 Å². The van der Waals surface area contributed by atoms with Gasteiger partial charge in [0.05, 0.1) is 13.7 Å². The van der Waals surface area contributed by atoms with Crippen molar-refractivity contribution in [1.82, 2.24) is 0 Å². The summed E-state index contributed by atoms with van der Waals surface area (Å²) in [6.07, 6.45) is 2.22. The first-order valence-corrected chi connectivity index (χ1v) is 9.11. The van der Waals surface area contributed by atoms with Gasteiger partial charge in [0, 0.05) is 10.8 Å². The third-order valence-electron chi connectivity index (χ3n) is 4.38. The van der Waals surface area contributed by atoms with Crippen LogP contribution in [-0.2, 0) is 14.3 Å². The number of rotatable bonds is 5. The molecule has 2 atom stereocenters. The monoisotopic (exact) mass is 356 g/mol. The molecule has 4 nitrogen and oxygen atoms in total. The fraction of sp³-hybridized carbons (Fsp3) is 0.300. The zero-order valence-electron chi connectivity index (χ0n) is 14.2. The maximum absolute atomic E-state index is 12.7. The number of hydrogen-bond donors (Lipinski definition) is 0. The van der Waals surface area contributed by atoms with Gasteiger partial charge in [-0.15, -0.1) is 11.3 Å². The van der Waals surface area contributed by atoms with Crippen LogP contribution in [0.2, 0.25) is 0 Å². The van der Waals surface area contributed by atoms with E-state index in [0.717, 1.165) is 21.8 Å². The molecule has 1 heterocycles. The molecule has 0 amide bonds. The van der Waals surface area contributed by atoms with Crippen LogP contribution >= 0.6 is 11.3 Å². The Hall–Kier alpha value is -2.40. The summed E-state index contributed by atoms with van der Waals surface area (Å²) < 4.78 is 10.3. The predicted molar refractivity (Wildman–Crippen MR) is 97.8 cm³/mol. The quantitative estimate of drug-likeness (QED) is 0.598. The second-order valence-corrected chi connectivity index (χ2v) is 6.84. The van der Waals surface area contributed by atoms with Gasteiger partial charge in [-0.1, -0.05) is 18.2 Å². The molecule has 1 aromatic carbocycles. The summed E-state index contributed by atoms with van der Waals surface area (Å²) in [7, 11) is 1.62. The molecule has 0 fully saturated rings. The molecule has 0 saturated carbocycles. The Balaban J connectivity index is 1.96. The SMILES string of the molecule is CCOC(=O)C1C(=O)C=C(c2ccc(OC)cc2)CC1c1cccs1. The Labute approximate surface area is 151 Å². The Morgan fingerprint density at radius 2 is 2.00 bits per heavy atom. The van der Waals surface area contributed by atoms with Crippen molar-refractivity contribution in [2.45, 2.75) is 19.3 Å². The van der Waals surface area contributed by atoms with E-state index in [4.69, 9.17) is 9.47 Å². The summed E-state index contributed by atoms with van der Waals surface area (Å²) in [5, 5.41) is 1.97. The Morgan fingerprint density at radius 1 is 1.24 bits per heavy atom. The Kier molecular flexibility index (Phi) is 5.34. The van der Waals surface area contributed by atoms with Crippen LogP contribution in [0.1, 0.15) is 29.7 Å². The normalized spacial score (nSPS) is 20.1. The summed E-state index contributed by atoms with van der Waals surface area (Å²) in [4.78, 5) is 26.1. The van der Waals surface area contributed by atoms with Gasteiger partial charge >= 0.3 is 5.97 Å². The lowest BCUT2D eigenvalue weighted by molar-refractivity contribution is -0.151. The van der Waals surface area contributed by atoms with Crippen LogP contribution in [0.3, 0.4) is 0 Å². The maximum Gasteiger partial charge on any atom is 0.317 e. The van der Waals surface area contributed by atoms with Crippen LogP contribution in [-0.4, -0.2) is 25.5 Å². The van der Waals surface area contributed by atoms with Crippen molar-refractivity contribution in [2.75, 3.05) is 13.7 Å². The summed E-state index contributed by atoms with van der Waals surface area (Å²) in [6, 6.07) is 11.5. The van der Waals surface area contributed by atoms with Gasteiger partial charge in [-0.05, 0) is 54.1 Å². The molecule has 3 rings (SSSR count). The Morgan fingerprint density at radius 3 is 2.60 bits per heavy atom. The predicted octanol–water partition coefficient (Wildman–Crippen LogP) is 4.08. The number of methoxy groups -OCH3 is 1. The number of hydrogen-bond acceptors (Lipinski definition) is 5. The molecule has 0 N–H and O–H groups in total. The van der Waals surface area contributed by atoms with E-state index in [2.05, 4.69) is 0 Å². The highest BCUT2D eigenvalue weighted by Crippen LogP contribution is 2.42. The molecular formula is C20H20O4S. The van der Waals surface area contributed by atoms with E-state index in [1.165, 1.54) is 0 Å². The average Bonchev–Trinajstić information content (AvgIpc) is 3.16. The van der Waals surface area contributed by atoms with Crippen molar-refractivity contribution in [3.63, 3.8) is 0 Å². The van der Waals surface area contributed by atoms with Crippen LogP contribution in [0.5, 0.6) is 5.75 Å². The minimum absolute atomic E-state index is 0.186. The van der Waals surface area contributed by atoms with Crippen molar-refractivity contribution in [2.24, 2.45) is 5.92 Å². The molecule has 0 aliphatic heterocycles. The summed E-state index contributed by atoms with van der Waals surface area (Å²) in [5.74, 6) is -0.801. The van der Waals surface area contributed by atoms with E-state index in [9.17, 15) is 9.59 Å². The number of ketones is 1. The molecular weight excluding hydrogens is 336 g/mol. The standard InChI is InChI=1S/C20H20O4S/c1-3-24-20(22)19-16(18-5-4-10-25-18)11-14(12-17(19)21)13-6-8-15(23-2)9-7-13/h4-10,12,16,19H,3,11H2,1-2H3. The second-order valence-electron chi connectivity index (χ2n) is 5.86. The van der Waals surface area contributed by atoms with Crippen molar-refractivity contribution in [1.29, 1.82) is 0 Å². The summed E-state index contributed by atoms with van der Waals surface area (Å²) in [5.41, 5.74) is 1.91. The smallest absolute Gasteiger partial charge is 0.317 e. The van der Waals surface area contributed by atoms with Gasteiger partial charge in [-0.3, -0.25) is 9.59 Å². The third-order valence-corrected chi connectivity index (χ3v) is 5.38. The molecule has 25 heavy (non-hydrogen) atoms. The number of carbonyl (C=O) groups excluding carboxylic acids is 2. The van der Waals surface area contributed by atoms with Gasteiger partial charge in [0.15, 0.2) is 5.78 Å². The van der Waals surface area contributed by atoms with Gasteiger partial charge in [0.25, 0.3) is 0 Å². The van der Waals surface area contributed by atoms with Gasteiger partial charge in [0.1, 0.15) is 11.7 Å². The van der Waals surface area contributed by atoms with E-state index in [1.54, 1.807) is 31.4 Å². The molecule has 5 heteroatoms. The fourth-order valence-corrected chi connectivity index (χ4v) is 4.02. The van der Waals surface area contributed by atoms with Crippen LogP contribution in [0, 0.1) is 5.92 Å². The van der Waals surface area contributed by atoms with E-state index >= 15 is 0 Å². The van der Waals surface area contributed by atoms with Crippen LogP contribution < -0.4 is 4.74 Å². The third kappa shape index (κ3) is 3.66. The van der Waals surface area contributed by atoms with Crippen molar-refractivity contribution < 1.29 is 19.1 Å². The highest BCUT2D eigenvalue weighted by atomic mass is 32.1. The summed E-state index contributed by atoms with van der Waals surface area (Å²) >= 11 is 1.57. The van der Waals surface area contributed by atoms with Gasteiger partial charge in [-0.25, -0.2) is 0 Å². The lowest BCUT2D eigenvalue weighted by atomic mass is 9.76. The van der Waals surface area contributed by atoms with Crippen LogP contribution in [0.25, 0.3) is 5.57 Å². The molecule has 130 valence electrons. The van der Waals surface area contributed by atoms with Crippen molar-refractivity contribution in [3.05, 3.63) is 58.3 Å². The molecule has 0 radical (unpaired) electrons. The Bertz CT molecular complexity index is 775. The van der Waals surface area contributed by atoms with Crippen LogP contribution in [0.15, 0.2) is 47.9 Å². The molecule has 0 saturated heterocycles. The number of ether oxygens (including phenoxy) is 2. The lowest BCUT2D eigenvalue weighted by Gasteiger charge is -2.28. The van der Waals surface area contributed by atoms with E-state index < -0.39 is 11.9 Å². The molecule has 2 aromatic rings.